The van der Waals surface area contributed by atoms with Crippen molar-refractivity contribution in [1.29, 1.82) is 0 Å². The molecule has 3 aromatic rings. The van der Waals surface area contributed by atoms with E-state index in [1.807, 2.05) is 27.9 Å². The highest BCUT2D eigenvalue weighted by Crippen LogP contribution is 2.44. The van der Waals surface area contributed by atoms with Gasteiger partial charge >= 0.3 is 0 Å². The zero-order valence-corrected chi connectivity index (χ0v) is 27.1. The second-order valence-corrected chi connectivity index (χ2v) is 11.8. The van der Waals surface area contributed by atoms with E-state index in [4.69, 9.17) is 19.2 Å². The quantitative estimate of drug-likeness (QED) is 0.405. The number of hydrogen-bond donors (Lipinski definition) is 1. The second-order valence-electron chi connectivity index (χ2n) is 11.8. The van der Waals surface area contributed by atoms with Gasteiger partial charge in [-0.05, 0) is 43.9 Å². The molecule has 2 bridgehead atoms. The average Bonchev–Trinajstić information content (AvgIpc) is 3.58. The van der Waals surface area contributed by atoms with Gasteiger partial charge in [-0.25, -0.2) is 4.98 Å². The van der Waals surface area contributed by atoms with Gasteiger partial charge in [0.15, 0.2) is 11.5 Å². The van der Waals surface area contributed by atoms with Crippen LogP contribution in [0.5, 0.6) is 17.2 Å². The molecule has 0 radical (unpaired) electrons. The minimum absolute atomic E-state index is 0.0126. The summed E-state index contributed by atoms with van der Waals surface area (Å²) in [7, 11) is 4.85. The minimum atomic E-state index is -0.0126. The Hall–Kier alpha value is -4.06. The van der Waals surface area contributed by atoms with E-state index < -0.39 is 0 Å². The molecule has 1 fully saturated rings. The van der Waals surface area contributed by atoms with E-state index >= 15 is 0 Å². The van der Waals surface area contributed by atoms with Crippen LogP contribution >= 0.6 is 0 Å². The number of ether oxygens (including phenoxy) is 3. The molecule has 5 rings (SSSR count). The van der Waals surface area contributed by atoms with Crippen molar-refractivity contribution in [2.45, 2.75) is 52.1 Å². The minimum Gasteiger partial charge on any atom is -0.493 e. The molecule has 2 aliphatic rings. The number of hydrogen-bond acceptors (Lipinski definition) is 9. The van der Waals surface area contributed by atoms with E-state index in [1.54, 1.807) is 27.5 Å². The number of aryl methyl sites for hydroxylation is 1. The molecule has 45 heavy (non-hydrogen) atoms. The highest BCUT2D eigenvalue weighted by atomic mass is 16.5. The Bertz CT molecular complexity index is 1450. The molecule has 0 spiro atoms. The molecule has 4 heterocycles. The topological polar surface area (TPSA) is 114 Å². The van der Waals surface area contributed by atoms with Gasteiger partial charge in [-0.3, -0.25) is 19.2 Å². The zero-order chi connectivity index (χ0) is 31.8. The Labute approximate surface area is 265 Å². The first-order chi connectivity index (χ1) is 21.9. The number of likely N-dealkylation sites (N-methyl/N-ethyl adjacent to an activating group) is 1. The SMILES string of the molecule is CCN1CCN(C(=O)CCCn2cccn2)CCC(=O)NCC2CCCN(C2)c2nc3cc(OC)c(OC)c(OC)c3cc2C1. The number of piperidine rings is 1. The van der Waals surface area contributed by atoms with Gasteiger partial charge in [-0.1, -0.05) is 6.92 Å². The van der Waals surface area contributed by atoms with E-state index in [0.717, 1.165) is 54.8 Å². The van der Waals surface area contributed by atoms with Gasteiger partial charge in [-0.2, -0.15) is 5.10 Å². The van der Waals surface area contributed by atoms with E-state index in [1.165, 1.54) is 0 Å². The van der Waals surface area contributed by atoms with Crippen molar-refractivity contribution in [3.63, 3.8) is 0 Å². The molecule has 1 unspecified atom stereocenters. The fraction of sp³-hybridized carbons (Fsp3) is 0.576. The molecule has 1 aromatic carbocycles. The third-order valence-corrected chi connectivity index (χ3v) is 8.91. The molecule has 0 aliphatic carbocycles. The first-order valence-electron chi connectivity index (χ1n) is 16.1. The lowest BCUT2D eigenvalue weighted by molar-refractivity contribution is -0.132. The third kappa shape index (κ3) is 7.78. The standard InChI is InChI=1S/C33H47N7O5/c1-5-37-17-18-38(30(42)10-7-14-40-15-8-12-35-40)16-11-29(41)34-21-24-9-6-13-39(22-24)33-25(23-37)19-26-27(36-33)20-28(43-2)32(45-4)31(26)44-3/h8,12,15,19-20,24H,5-7,9-11,13-14,16-18,21-23H2,1-4H3,(H,34,41). The number of amides is 2. The molecule has 0 saturated carbocycles. The Kier molecular flexibility index (Phi) is 11.0. The van der Waals surface area contributed by atoms with E-state index in [0.29, 0.717) is 81.7 Å². The fourth-order valence-corrected chi connectivity index (χ4v) is 6.42. The van der Waals surface area contributed by atoms with E-state index in [-0.39, 0.29) is 11.8 Å². The van der Waals surface area contributed by atoms with Crippen LogP contribution in [0, 0.1) is 5.92 Å². The summed E-state index contributed by atoms with van der Waals surface area (Å²) in [6, 6.07) is 5.96. The van der Waals surface area contributed by atoms with Crippen molar-refractivity contribution in [1.82, 2.24) is 29.9 Å². The van der Waals surface area contributed by atoms with Crippen LogP contribution in [0.1, 0.15) is 44.6 Å². The molecule has 12 nitrogen and oxygen atoms in total. The van der Waals surface area contributed by atoms with Gasteiger partial charge in [0.2, 0.25) is 17.6 Å². The lowest BCUT2D eigenvalue weighted by atomic mass is 9.97. The summed E-state index contributed by atoms with van der Waals surface area (Å²) < 4.78 is 19.0. The number of fused-ring (bicyclic) bond motifs is 5. The first-order valence-corrected chi connectivity index (χ1v) is 16.1. The monoisotopic (exact) mass is 621 g/mol. The molecular formula is C33H47N7O5. The van der Waals surface area contributed by atoms with Crippen LogP contribution in [0.15, 0.2) is 30.6 Å². The summed E-state index contributed by atoms with van der Waals surface area (Å²) >= 11 is 0. The van der Waals surface area contributed by atoms with E-state index in [2.05, 4.69) is 33.2 Å². The van der Waals surface area contributed by atoms with Crippen molar-refractivity contribution in [2.75, 3.05) is 72.0 Å². The van der Waals surface area contributed by atoms with Crippen LogP contribution in [0.25, 0.3) is 10.9 Å². The van der Waals surface area contributed by atoms with Crippen LogP contribution < -0.4 is 24.4 Å². The summed E-state index contributed by atoms with van der Waals surface area (Å²) in [5, 5.41) is 8.25. The van der Waals surface area contributed by atoms with Crippen molar-refractivity contribution in [2.24, 2.45) is 5.92 Å². The molecular weight excluding hydrogens is 574 g/mol. The van der Waals surface area contributed by atoms with Gasteiger partial charge < -0.3 is 29.3 Å². The highest BCUT2D eigenvalue weighted by Gasteiger charge is 2.27. The molecule has 1 N–H and O–H groups in total. The smallest absolute Gasteiger partial charge is 0.222 e. The van der Waals surface area contributed by atoms with Crippen molar-refractivity contribution < 1.29 is 23.8 Å². The van der Waals surface area contributed by atoms with Crippen LogP contribution in [0.2, 0.25) is 0 Å². The van der Waals surface area contributed by atoms with Crippen LogP contribution in [0.3, 0.4) is 0 Å². The van der Waals surface area contributed by atoms with Gasteiger partial charge in [0.25, 0.3) is 0 Å². The van der Waals surface area contributed by atoms with Gasteiger partial charge in [-0.15, -0.1) is 0 Å². The number of benzene rings is 1. The largest absolute Gasteiger partial charge is 0.493 e. The number of carbonyl (C=O) groups is 2. The number of methoxy groups -OCH3 is 3. The molecule has 2 aliphatic heterocycles. The second kappa shape index (κ2) is 15.3. The van der Waals surface area contributed by atoms with Crippen LogP contribution in [-0.4, -0.2) is 104 Å². The van der Waals surface area contributed by atoms with Crippen molar-refractivity contribution >= 4 is 28.5 Å². The number of nitrogens with zero attached hydrogens (tertiary/aromatic N) is 6. The van der Waals surface area contributed by atoms with Gasteiger partial charge in [0, 0.05) is 94.6 Å². The van der Waals surface area contributed by atoms with Crippen LogP contribution in [0.4, 0.5) is 5.82 Å². The Morgan fingerprint density at radius 3 is 2.64 bits per heavy atom. The summed E-state index contributed by atoms with van der Waals surface area (Å²) in [4.78, 5) is 38.1. The number of pyridine rings is 1. The summed E-state index contributed by atoms with van der Waals surface area (Å²) in [5.41, 5.74) is 1.86. The third-order valence-electron chi connectivity index (χ3n) is 8.91. The maximum atomic E-state index is 13.4. The lowest BCUT2D eigenvalue weighted by Gasteiger charge is -2.35. The highest BCUT2D eigenvalue weighted by molar-refractivity contribution is 5.92. The number of rotatable bonds is 8. The Balaban J connectivity index is 1.46. The number of aromatic nitrogens is 3. The predicted octanol–water partition coefficient (Wildman–Crippen LogP) is 3.32. The summed E-state index contributed by atoms with van der Waals surface area (Å²) in [6.07, 6.45) is 7.11. The molecule has 244 valence electrons. The normalized spacial score (nSPS) is 18.5. The maximum absolute atomic E-state index is 13.4. The molecule has 12 heteroatoms. The van der Waals surface area contributed by atoms with Gasteiger partial charge in [0.1, 0.15) is 5.82 Å². The summed E-state index contributed by atoms with van der Waals surface area (Å²) in [6.45, 7) is 8.21. The number of anilines is 1. The molecule has 2 aromatic heterocycles. The maximum Gasteiger partial charge on any atom is 0.222 e. The van der Waals surface area contributed by atoms with Crippen LogP contribution in [-0.2, 0) is 22.7 Å². The molecule has 1 saturated heterocycles. The zero-order valence-electron chi connectivity index (χ0n) is 27.1. The van der Waals surface area contributed by atoms with Gasteiger partial charge in [0.05, 0.1) is 26.8 Å². The van der Waals surface area contributed by atoms with E-state index in [9.17, 15) is 9.59 Å². The van der Waals surface area contributed by atoms with Crippen molar-refractivity contribution in [3.8, 4) is 17.2 Å². The lowest BCUT2D eigenvalue weighted by Crippen LogP contribution is -2.42. The molecule has 2 amide bonds. The number of nitrogens with one attached hydrogen (secondary N) is 1. The summed E-state index contributed by atoms with van der Waals surface area (Å²) in [5.74, 6) is 2.99. The van der Waals surface area contributed by atoms with Crippen molar-refractivity contribution in [3.05, 3.63) is 36.2 Å². The predicted molar refractivity (Wildman–Crippen MR) is 173 cm³/mol. The Morgan fingerprint density at radius 1 is 1.07 bits per heavy atom. The average molecular weight is 622 g/mol. The first kappa shape index (κ1) is 32.3. The fourth-order valence-electron chi connectivity index (χ4n) is 6.42. The number of carbonyl (C=O) groups excluding carboxylic acids is 2. The Morgan fingerprint density at radius 2 is 1.91 bits per heavy atom. The molecule has 1 atom stereocenters.